The number of aromatic nitrogens is 2. The van der Waals surface area contributed by atoms with Crippen molar-refractivity contribution in [3.8, 4) is 5.75 Å². The van der Waals surface area contributed by atoms with E-state index in [-0.39, 0.29) is 11.8 Å². The van der Waals surface area contributed by atoms with E-state index >= 15 is 0 Å². The van der Waals surface area contributed by atoms with Gasteiger partial charge in [-0.1, -0.05) is 0 Å². The van der Waals surface area contributed by atoms with Crippen molar-refractivity contribution in [1.29, 1.82) is 0 Å². The summed E-state index contributed by atoms with van der Waals surface area (Å²) in [5.74, 6) is 0.830. The van der Waals surface area contributed by atoms with Crippen molar-refractivity contribution in [2.24, 2.45) is 5.92 Å². The second kappa shape index (κ2) is 8.40. The van der Waals surface area contributed by atoms with E-state index in [1.807, 2.05) is 41.8 Å². The minimum Gasteiger partial charge on any atom is -0.432 e. The molecule has 1 aliphatic heterocycles. The average Bonchev–Trinajstić information content (AvgIpc) is 2.69. The molecular formula is C19H24N4O2S. The highest BCUT2D eigenvalue weighted by Crippen LogP contribution is 2.22. The molecule has 0 bridgehead atoms. The Morgan fingerprint density at radius 1 is 1.27 bits per heavy atom. The summed E-state index contributed by atoms with van der Waals surface area (Å²) in [6.07, 6.45) is 5.15. The molecule has 26 heavy (non-hydrogen) atoms. The number of amides is 1. The lowest BCUT2D eigenvalue weighted by atomic mass is 9.97. The predicted octanol–water partition coefficient (Wildman–Crippen LogP) is 2.87. The third-order valence-electron chi connectivity index (χ3n) is 4.75. The van der Waals surface area contributed by atoms with Crippen LogP contribution in [0.4, 0.5) is 0 Å². The summed E-state index contributed by atoms with van der Waals surface area (Å²) in [5.41, 5.74) is 1.58. The molecule has 0 N–H and O–H groups in total. The number of hydrogen-bond donors (Lipinski definition) is 0. The van der Waals surface area contributed by atoms with Crippen LogP contribution in [0, 0.1) is 5.92 Å². The van der Waals surface area contributed by atoms with E-state index in [1.54, 1.807) is 12.4 Å². The third-order valence-corrected chi connectivity index (χ3v) is 5.09. The first-order valence-electron chi connectivity index (χ1n) is 9.08. The maximum atomic E-state index is 12.6. The summed E-state index contributed by atoms with van der Waals surface area (Å²) in [6, 6.07) is 5.53. The number of benzene rings is 1. The molecule has 0 unspecified atom stereocenters. The fourth-order valence-corrected chi connectivity index (χ4v) is 3.57. The van der Waals surface area contributed by atoms with Crippen molar-refractivity contribution in [2.45, 2.75) is 26.7 Å². The van der Waals surface area contributed by atoms with Crippen molar-refractivity contribution in [1.82, 2.24) is 19.8 Å². The van der Waals surface area contributed by atoms with Crippen LogP contribution in [0.25, 0.3) is 11.0 Å². The summed E-state index contributed by atoms with van der Waals surface area (Å²) >= 11 is 5.48. The van der Waals surface area contributed by atoms with Crippen LogP contribution in [0.1, 0.15) is 26.7 Å². The van der Waals surface area contributed by atoms with Gasteiger partial charge in [-0.3, -0.25) is 14.8 Å². The Hall–Kier alpha value is -2.28. The van der Waals surface area contributed by atoms with Crippen molar-refractivity contribution < 1.29 is 9.53 Å². The van der Waals surface area contributed by atoms with Gasteiger partial charge < -0.3 is 14.5 Å². The normalized spacial score (nSPS) is 17.2. The highest BCUT2D eigenvalue weighted by Gasteiger charge is 2.30. The molecule has 1 aromatic heterocycles. The molecular weight excluding hydrogens is 348 g/mol. The number of likely N-dealkylation sites (tertiary alicyclic amines) is 1. The summed E-state index contributed by atoms with van der Waals surface area (Å²) in [6.45, 7) is 6.93. The molecule has 0 radical (unpaired) electrons. The lowest BCUT2D eigenvalue weighted by Crippen LogP contribution is -2.47. The number of ether oxygens (including phenoxy) is 1. The number of nitrogens with zero attached hydrogens (tertiary/aromatic N) is 4. The summed E-state index contributed by atoms with van der Waals surface area (Å²) in [5, 5.41) is 0.408. The Labute approximate surface area is 159 Å². The molecule has 7 heteroatoms. The monoisotopic (exact) mass is 372 g/mol. The van der Waals surface area contributed by atoms with Gasteiger partial charge in [0.25, 0.3) is 5.17 Å². The van der Waals surface area contributed by atoms with Crippen LogP contribution in [0.5, 0.6) is 5.75 Å². The van der Waals surface area contributed by atoms with Gasteiger partial charge in [-0.2, -0.15) is 0 Å². The zero-order chi connectivity index (χ0) is 18.5. The van der Waals surface area contributed by atoms with Gasteiger partial charge in [-0.15, -0.1) is 0 Å². The summed E-state index contributed by atoms with van der Waals surface area (Å²) in [4.78, 5) is 25.0. The molecule has 0 aliphatic carbocycles. The van der Waals surface area contributed by atoms with E-state index in [0.29, 0.717) is 17.5 Å². The van der Waals surface area contributed by atoms with Crippen LogP contribution in [0.2, 0.25) is 0 Å². The smallest absolute Gasteiger partial charge is 0.264 e. The SMILES string of the molecule is CCN(CC)C(=O)[C@@H]1CCCN(C(=S)Oc2ccc3nccnc3c2)C1. The van der Waals surface area contributed by atoms with Gasteiger partial charge in [-0.25, -0.2) is 0 Å². The number of carbonyl (C=O) groups excluding carboxylic acids is 1. The lowest BCUT2D eigenvalue weighted by Gasteiger charge is -2.35. The molecule has 1 aromatic carbocycles. The molecule has 138 valence electrons. The van der Waals surface area contributed by atoms with Gasteiger partial charge in [0, 0.05) is 44.6 Å². The molecule has 1 aliphatic rings. The van der Waals surface area contributed by atoms with Gasteiger partial charge in [0.05, 0.1) is 17.0 Å². The van der Waals surface area contributed by atoms with Crippen molar-refractivity contribution in [2.75, 3.05) is 26.2 Å². The van der Waals surface area contributed by atoms with E-state index in [1.165, 1.54) is 0 Å². The molecule has 0 spiro atoms. The van der Waals surface area contributed by atoms with Gasteiger partial charge in [0.2, 0.25) is 5.91 Å². The standard InChI is InChI=1S/C19H24N4O2S/c1-3-22(4-2)18(24)14-6-5-11-23(13-14)19(26)25-15-7-8-16-17(12-15)21-10-9-20-16/h7-10,12,14H,3-6,11,13H2,1-2H3/t14-/m1/s1. The molecule has 2 heterocycles. The van der Waals surface area contributed by atoms with Crippen LogP contribution in [-0.2, 0) is 4.79 Å². The highest BCUT2D eigenvalue weighted by molar-refractivity contribution is 7.80. The molecule has 1 amide bonds. The second-order valence-corrected chi connectivity index (χ2v) is 6.72. The molecule has 1 atom stereocenters. The fourth-order valence-electron chi connectivity index (χ4n) is 3.31. The third kappa shape index (κ3) is 4.09. The Morgan fingerprint density at radius 2 is 2.00 bits per heavy atom. The van der Waals surface area contributed by atoms with E-state index in [4.69, 9.17) is 17.0 Å². The van der Waals surface area contributed by atoms with E-state index in [9.17, 15) is 4.79 Å². The predicted molar refractivity (Wildman–Crippen MR) is 105 cm³/mol. The second-order valence-electron chi connectivity index (χ2n) is 6.37. The fraction of sp³-hybridized carbons (Fsp3) is 0.474. The van der Waals surface area contributed by atoms with Gasteiger partial charge in [-0.05, 0) is 51.0 Å². The largest absolute Gasteiger partial charge is 0.432 e. The van der Waals surface area contributed by atoms with Crippen LogP contribution in [-0.4, -0.2) is 57.0 Å². The molecule has 0 saturated carbocycles. The topological polar surface area (TPSA) is 58.6 Å². The number of thiocarbonyl (C=S) groups is 1. The highest BCUT2D eigenvalue weighted by atomic mass is 32.1. The number of carbonyl (C=O) groups is 1. The quantitative estimate of drug-likeness (QED) is 0.769. The van der Waals surface area contributed by atoms with Crippen molar-refractivity contribution in [3.05, 3.63) is 30.6 Å². The number of piperidine rings is 1. The summed E-state index contributed by atoms with van der Waals surface area (Å²) in [7, 11) is 0. The van der Waals surface area contributed by atoms with Gasteiger partial charge >= 0.3 is 0 Å². The average molecular weight is 372 g/mol. The molecule has 1 saturated heterocycles. The first-order chi connectivity index (χ1) is 12.6. The molecule has 3 rings (SSSR count). The van der Waals surface area contributed by atoms with E-state index in [2.05, 4.69) is 9.97 Å². The minimum atomic E-state index is -0.0207. The number of hydrogen-bond acceptors (Lipinski definition) is 5. The first kappa shape index (κ1) is 18.5. The maximum absolute atomic E-state index is 12.6. The van der Waals surface area contributed by atoms with Gasteiger partial charge in [0.1, 0.15) is 5.75 Å². The van der Waals surface area contributed by atoms with Gasteiger partial charge in [0.15, 0.2) is 0 Å². The van der Waals surface area contributed by atoms with Crippen LogP contribution in [0.15, 0.2) is 30.6 Å². The maximum Gasteiger partial charge on any atom is 0.264 e. The molecule has 1 fully saturated rings. The zero-order valence-corrected chi connectivity index (χ0v) is 16.0. The Bertz CT molecular complexity index is 794. The van der Waals surface area contributed by atoms with E-state index in [0.717, 1.165) is 43.5 Å². The van der Waals surface area contributed by atoms with Crippen molar-refractivity contribution in [3.63, 3.8) is 0 Å². The van der Waals surface area contributed by atoms with E-state index < -0.39 is 0 Å². The van der Waals surface area contributed by atoms with Crippen LogP contribution >= 0.6 is 12.2 Å². The number of rotatable bonds is 4. The number of fused-ring (bicyclic) bond motifs is 1. The molecule has 2 aromatic rings. The molecule has 6 nitrogen and oxygen atoms in total. The Morgan fingerprint density at radius 3 is 2.73 bits per heavy atom. The lowest BCUT2D eigenvalue weighted by molar-refractivity contribution is -0.136. The Balaban J connectivity index is 1.65. The summed E-state index contributed by atoms with van der Waals surface area (Å²) < 4.78 is 5.87. The minimum absolute atomic E-state index is 0.0207. The Kier molecular flexibility index (Phi) is 5.98. The van der Waals surface area contributed by atoms with Crippen LogP contribution < -0.4 is 4.74 Å². The van der Waals surface area contributed by atoms with Crippen LogP contribution in [0.3, 0.4) is 0 Å². The zero-order valence-electron chi connectivity index (χ0n) is 15.2. The first-order valence-corrected chi connectivity index (χ1v) is 9.49. The van der Waals surface area contributed by atoms with Crippen molar-refractivity contribution >= 4 is 34.3 Å².